The van der Waals surface area contributed by atoms with Gasteiger partial charge in [-0.15, -0.1) is 0 Å². The van der Waals surface area contributed by atoms with Crippen molar-refractivity contribution in [1.29, 1.82) is 0 Å². The van der Waals surface area contributed by atoms with E-state index < -0.39 is 5.97 Å². The van der Waals surface area contributed by atoms with Gasteiger partial charge in [-0.25, -0.2) is 9.18 Å². The number of nitrogens with zero attached hydrogens (tertiary/aromatic N) is 1. The molecule has 0 radical (unpaired) electrons. The third-order valence-electron chi connectivity index (χ3n) is 5.43. The average Bonchev–Trinajstić information content (AvgIpc) is 2.69. The number of hydrogen-bond donors (Lipinski definition) is 1. The van der Waals surface area contributed by atoms with E-state index in [0.717, 1.165) is 44.8 Å². The lowest BCUT2D eigenvalue weighted by atomic mass is 9.97. The van der Waals surface area contributed by atoms with Crippen molar-refractivity contribution in [3.8, 4) is 16.9 Å². The molecule has 0 saturated carbocycles. The normalized spacial score (nSPS) is 10.7. The molecule has 0 unspecified atom stereocenters. The predicted molar refractivity (Wildman–Crippen MR) is 118 cm³/mol. The molecule has 156 valence electrons. The minimum Gasteiger partial charge on any atom is -0.482 e. The topological polar surface area (TPSA) is 49.8 Å². The Morgan fingerprint density at radius 2 is 1.70 bits per heavy atom. The average molecular weight is 407 g/mol. The number of halogens is 1. The fourth-order valence-corrected chi connectivity index (χ4v) is 3.77. The molecule has 0 amide bonds. The fraction of sp³-hybridized carbons (Fsp3) is 0.240. The number of hydrogen-bond acceptors (Lipinski definition) is 3. The van der Waals surface area contributed by atoms with Crippen molar-refractivity contribution in [3.05, 3.63) is 76.6 Å². The number of carboxylic acids is 1. The van der Waals surface area contributed by atoms with E-state index >= 15 is 0 Å². The van der Waals surface area contributed by atoms with Crippen LogP contribution in [0.5, 0.6) is 5.75 Å². The number of ether oxygens (including phenoxy) is 1. The highest BCUT2D eigenvalue weighted by molar-refractivity contribution is 5.79. The van der Waals surface area contributed by atoms with Gasteiger partial charge in [0.25, 0.3) is 0 Å². The van der Waals surface area contributed by atoms with E-state index in [0.29, 0.717) is 5.75 Å². The van der Waals surface area contributed by atoms with Gasteiger partial charge in [0.05, 0.1) is 5.69 Å². The summed E-state index contributed by atoms with van der Waals surface area (Å²) in [7, 11) is 1.98. The van der Waals surface area contributed by atoms with E-state index in [2.05, 4.69) is 24.0 Å². The summed E-state index contributed by atoms with van der Waals surface area (Å²) in [5, 5.41) is 8.94. The number of carbonyl (C=O) groups is 1. The predicted octanol–water partition coefficient (Wildman–Crippen LogP) is 5.96. The second kappa shape index (κ2) is 8.57. The molecule has 0 aliphatic heterocycles. The number of aryl methyl sites for hydroxylation is 2. The molecule has 0 saturated heterocycles. The monoisotopic (exact) mass is 407 g/mol. The second-order valence-corrected chi connectivity index (χ2v) is 7.54. The first-order chi connectivity index (χ1) is 14.2. The summed E-state index contributed by atoms with van der Waals surface area (Å²) in [6.45, 7) is 7.65. The van der Waals surface area contributed by atoms with Crippen LogP contribution in [0, 0.1) is 33.5 Å². The van der Waals surface area contributed by atoms with Gasteiger partial charge in [-0.2, -0.15) is 0 Å². The highest BCUT2D eigenvalue weighted by Crippen LogP contribution is 2.39. The van der Waals surface area contributed by atoms with Crippen LogP contribution in [0.25, 0.3) is 11.1 Å². The first-order valence-electron chi connectivity index (χ1n) is 9.74. The molecule has 4 nitrogen and oxygen atoms in total. The Bertz CT molecular complexity index is 1110. The van der Waals surface area contributed by atoms with Gasteiger partial charge in [0, 0.05) is 18.3 Å². The lowest BCUT2D eigenvalue weighted by Crippen LogP contribution is -2.16. The summed E-state index contributed by atoms with van der Waals surface area (Å²) in [5.41, 5.74) is 7.85. The van der Waals surface area contributed by atoms with Crippen LogP contribution in [-0.4, -0.2) is 24.7 Å². The number of rotatable bonds is 6. The molecular weight excluding hydrogens is 381 g/mol. The number of aliphatic carboxylic acids is 1. The van der Waals surface area contributed by atoms with Gasteiger partial charge in [0.2, 0.25) is 0 Å². The van der Waals surface area contributed by atoms with Gasteiger partial charge in [-0.05, 0) is 79.8 Å². The lowest BCUT2D eigenvalue weighted by Gasteiger charge is -2.28. The zero-order valence-electron chi connectivity index (χ0n) is 17.9. The van der Waals surface area contributed by atoms with Crippen LogP contribution in [-0.2, 0) is 4.79 Å². The minimum absolute atomic E-state index is 0.268. The van der Waals surface area contributed by atoms with Crippen LogP contribution in [0.2, 0.25) is 0 Å². The molecule has 0 heterocycles. The molecule has 0 aromatic heterocycles. The van der Waals surface area contributed by atoms with Crippen LogP contribution < -0.4 is 9.64 Å². The molecule has 1 N–H and O–H groups in total. The maximum atomic E-state index is 13.8. The molecule has 0 bridgehead atoms. The van der Waals surface area contributed by atoms with Gasteiger partial charge in [-0.1, -0.05) is 24.3 Å². The first-order valence-corrected chi connectivity index (χ1v) is 9.74. The van der Waals surface area contributed by atoms with Crippen LogP contribution in [0.15, 0.2) is 48.5 Å². The highest BCUT2D eigenvalue weighted by Gasteiger charge is 2.18. The Kier molecular flexibility index (Phi) is 6.11. The smallest absolute Gasteiger partial charge is 0.341 e. The van der Waals surface area contributed by atoms with Gasteiger partial charge in [-0.3, -0.25) is 0 Å². The molecule has 5 heteroatoms. The van der Waals surface area contributed by atoms with E-state index in [1.807, 2.05) is 40.0 Å². The van der Waals surface area contributed by atoms with E-state index in [4.69, 9.17) is 9.84 Å². The van der Waals surface area contributed by atoms with Crippen molar-refractivity contribution in [2.45, 2.75) is 27.7 Å². The highest BCUT2D eigenvalue weighted by atomic mass is 19.1. The molecule has 0 aliphatic carbocycles. The summed E-state index contributed by atoms with van der Waals surface area (Å²) in [5.74, 6) is -0.741. The molecule has 3 aromatic carbocycles. The van der Waals surface area contributed by atoms with Crippen LogP contribution >= 0.6 is 0 Å². The Balaban J connectivity index is 2.10. The Hall–Kier alpha value is -3.34. The van der Waals surface area contributed by atoms with Crippen LogP contribution in [0.3, 0.4) is 0 Å². The number of anilines is 2. The summed E-state index contributed by atoms with van der Waals surface area (Å²) >= 11 is 0. The van der Waals surface area contributed by atoms with Crippen LogP contribution in [0.4, 0.5) is 15.8 Å². The molecule has 3 rings (SSSR count). The quantitative estimate of drug-likeness (QED) is 0.548. The van der Waals surface area contributed by atoms with Crippen molar-refractivity contribution in [1.82, 2.24) is 0 Å². The zero-order valence-corrected chi connectivity index (χ0v) is 17.9. The van der Waals surface area contributed by atoms with E-state index in [9.17, 15) is 9.18 Å². The van der Waals surface area contributed by atoms with Gasteiger partial charge < -0.3 is 14.7 Å². The summed E-state index contributed by atoms with van der Waals surface area (Å²) in [4.78, 5) is 13.0. The van der Waals surface area contributed by atoms with E-state index in [1.165, 1.54) is 12.1 Å². The maximum absolute atomic E-state index is 13.8. The first kappa shape index (κ1) is 21.4. The molecule has 0 fully saturated rings. The van der Waals surface area contributed by atoms with Gasteiger partial charge >= 0.3 is 5.97 Å². The van der Waals surface area contributed by atoms with E-state index in [1.54, 1.807) is 12.1 Å². The van der Waals surface area contributed by atoms with Crippen molar-refractivity contribution in [2.24, 2.45) is 0 Å². The standard InChI is InChI=1S/C25H26FNO3/c1-15-9-10-23(30-14-24(28)29)18(4)25(15)27(5)22-13-20(11-16(2)17(22)3)19-7-6-8-21(26)12-19/h6-13H,14H2,1-5H3,(H,28,29). The largest absolute Gasteiger partial charge is 0.482 e. The molecular formula is C25H26FNO3. The number of carboxylic acid groups (broad SMARTS) is 1. The van der Waals surface area contributed by atoms with Gasteiger partial charge in [0.15, 0.2) is 6.61 Å². The maximum Gasteiger partial charge on any atom is 0.341 e. The Morgan fingerprint density at radius 3 is 2.37 bits per heavy atom. The van der Waals surface area contributed by atoms with Crippen molar-refractivity contribution >= 4 is 17.3 Å². The van der Waals surface area contributed by atoms with Crippen molar-refractivity contribution in [3.63, 3.8) is 0 Å². The molecule has 0 atom stereocenters. The zero-order chi connectivity index (χ0) is 22.0. The molecule has 0 aliphatic rings. The minimum atomic E-state index is -1.01. The molecule has 30 heavy (non-hydrogen) atoms. The van der Waals surface area contributed by atoms with E-state index in [-0.39, 0.29) is 12.4 Å². The summed E-state index contributed by atoms with van der Waals surface area (Å²) in [6.07, 6.45) is 0. The second-order valence-electron chi connectivity index (χ2n) is 7.54. The Labute approximate surface area is 176 Å². The fourth-order valence-electron chi connectivity index (χ4n) is 3.77. The molecule has 3 aromatic rings. The van der Waals surface area contributed by atoms with Crippen LogP contribution in [0.1, 0.15) is 22.3 Å². The third kappa shape index (κ3) is 4.30. The third-order valence-corrected chi connectivity index (χ3v) is 5.43. The summed E-state index contributed by atoms with van der Waals surface area (Å²) < 4.78 is 19.2. The SMILES string of the molecule is Cc1cc(-c2cccc(F)c2)cc(N(C)c2c(C)ccc(OCC(=O)O)c2C)c1C. The number of benzene rings is 3. The lowest BCUT2D eigenvalue weighted by molar-refractivity contribution is -0.139. The van der Waals surface area contributed by atoms with Gasteiger partial charge in [0.1, 0.15) is 11.6 Å². The molecule has 0 spiro atoms. The van der Waals surface area contributed by atoms with Crippen molar-refractivity contribution in [2.75, 3.05) is 18.6 Å². The van der Waals surface area contributed by atoms with Crippen molar-refractivity contribution < 1.29 is 19.0 Å². The Morgan fingerprint density at radius 1 is 0.967 bits per heavy atom. The summed E-state index contributed by atoms with van der Waals surface area (Å²) in [6, 6.07) is 14.4.